The fourth-order valence-corrected chi connectivity index (χ4v) is 2.50. The average Bonchev–Trinajstić information content (AvgIpc) is 2.45. The lowest BCUT2D eigenvalue weighted by Gasteiger charge is -2.20. The van der Waals surface area contributed by atoms with E-state index >= 15 is 0 Å². The van der Waals surface area contributed by atoms with Crippen molar-refractivity contribution < 1.29 is 0 Å². The second-order valence-electron chi connectivity index (χ2n) is 5.53. The summed E-state index contributed by atoms with van der Waals surface area (Å²) in [7, 11) is 0. The molecule has 0 heterocycles. The first-order valence-corrected chi connectivity index (χ1v) is 8.15. The molecule has 1 rings (SSSR count). The Morgan fingerprint density at radius 1 is 1.25 bits per heavy atom. The van der Waals surface area contributed by atoms with E-state index in [1.54, 1.807) is 0 Å². The minimum Gasteiger partial charge on any atom is -0.310 e. The largest absolute Gasteiger partial charge is 0.310 e. The summed E-state index contributed by atoms with van der Waals surface area (Å²) in [6.07, 6.45) is 2.47. The molecular weight excluding hydrogens is 268 g/mol. The third-order valence-electron chi connectivity index (χ3n) is 3.90. The first kappa shape index (κ1) is 17.5. The average molecular weight is 297 g/mol. The maximum absolute atomic E-state index is 6.15. The zero-order valence-electron chi connectivity index (χ0n) is 13.4. The minimum absolute atomic E-state index is 0.547. The van der Waals surface area contributed by atoms with Crippen molar-refractivity contribution in [2.45, 2.75) is 53.1 Å². The summed E-state index contributed by atoms with van der Waals surface area (Å²) in [6, 6.07) is 6.85. The van der Waals surface area contributed by atoms with Gasteiger partial charge >= 0.3 is 0 Å². The molecule has 0 bridgehead atoms. The van der Waals surface area contributed by atoms with Crippen LogP contribution in [0.25, 0.3) is 0 Å². The van der Waals surface area contributed by atoms with Crippen molar-refractivity contribution in [3.63, 3.8) is 0 Å². The van der Waals surface area contributed by atoms with E-state index in [2.05, 4.69) is 49.2 Å². The first-order chi connectivity index (χ1) is 9.56. The van der Waals surface area contributed by atoms with E-state index in [1.165, 1.54) is 24.9 Å². The molecule has 20 heavy (non-hydrogen) atoms. The van der Waals surface area contributed by atoms with E-state index in [-0.39, 0.29) is 0 Å². The molecule has 1 aromatic carbocycles. The maximum Gasteiger partial charge on any atom is 0.0438 e. The molecule has 0 aliphatic rings. The number of aryl methyl sites for hydroxylation is 1. The van der Waals surface area contributed by atoms with Crippen LogP contribution in [0, 0.1) is 6.92 Å². The molecule has 0 amide bonds. The van der Waals surface area contributed by atoms with Gasteiger partial charge in [0.2, 0.25) is 0 Å². The third-order valence-corrected chi connectivity index (χ3v) is 4.30. The van der Waals surface area contributed by atoms with Crippen LogP contribution in [0.3, 0.4) is 0 Å². The number of halogens is 1. The van der Waals surface area contributed by atoms with Crippen LogP contribution in [0.5, 0.6) is 0 Å². The van der Waals surface area contributed by atoms with E-state index in [0.29, 0.717) is 6.04 Å². The Balaban J connectivity index is 2.25. The molecule has 0 aliphatic heterocycles. The normalized spacial score (nSPS) is 12.9. The van der Waals surface area contributed by atoms with Gasteiger partial charge in [-0.05, 0) is 63.5 Å². The monoisotopic (exact) mass is 296 g/mol. The lowest BCUT2D eigenvalue weighted by atomic mass is 10.1. The van der Waals surface area contributed by atoms with Gasteiger partial charge in [-0.15, -0.1) is 0 Å². The van der Waals surface area contributed by atoms with Crippen molar-refractivity contribution in [3.05, 3.63) is 34.3 Å². The lowest BCUT2D eigenvalue weighted by Crippen LogP contribution is -2.28. The molecule has 0 aliphatic carbocycles. The highest BCUT2D eigenvalue weighted by Gasteiger charge is 2.04. The van der Waals surface area contributed by atoms with E-state index in [9.17, 15) is 0 Å². The summed E-state index contributed by atoms with van der Waals surface area (Å²) in [5.74, 6) is 0. The molecule has 0 saturated heterocycles. The van der Waals surface area contributed by atoms with E-state index in [4.69, 9.17) is 11.6 Å². The highest BCUT2D eigenvalue weighted by atomic mass is 35.5. The van der Waals surface area contributed by atoms with E-state index in [0.717, 1.165) is 30.2 Å². The van der Waals surface area contributed by atoms with Gasteiger partial charge in [0.1, 0.15) is 0 Å². The van der Waals surface area contributed by atoms with Crippen molar-refractivity contribution in [2.24, 2.45) is 0 Å². The van der Waals surface area contributed by atoms with Crippen molar-refractivity contribution in [1.82, 2.24) is 10.2 Å². The molecule has 114 valence electrons. The first-order valence-electron chi connectivity index (χ1n) is 7.77. The molecule has 1 atom stereocenters. The highest BCUT2D eigenvalue weighted by Crippen LogP contribution is 2.16. The quantitative estimate of drug-likeness (QED) is 0.733. The van der Waals surface area contributed by atoms with Crippen molar-refractivity contribution in [1.29, 1.82) is 0 Å². The molecule has 0 fully saturated rings. The van der Waals surface area contributed by atoms with Crippen LogP contribution in [0.2, 0.25) is 5.02 Å². The minimum atomic E-state index is 0.547. The van der Waals surface area contributed by atoms with Crippen molar-refractivity contribution in [2.75, 3.05) is 19.6 Å². The van der Waals surface area contributed by atoms with Gasteiger partial charge in [-0.1, -0.05) is 37.6 Å². The Hall–Kier alpha value is -0.570. The number of benzene rings is 1. The van der Waals surface area contributed by atoms with Gasteiger partial charge in [0.15, 0.2) is 0 Å². The predicted molar refractivity (Wildman–Crippen MR) is 89.5 cm³/mol. The van der Waals surface area contributed by atoms with Gasteiger partial charge in [-0.2, -0.15) is 0 Å². The zero-order valence-corrected chi connectivity index (χ0v) is 14.1. The molecule has 3 heteroatoms. The van der Waals surface area contributed by atoms with Crippen LogP contribution in [-0.2, 0) is 6.54 Å². The SMILES string of the molecule is CCN(CC)CCCC(C)NCc1ccc(C)c(Cl)c1. The summed E-state index contributed by atoms with van der Waals surface area (Å²) < 4.78 is 0. The number of nitrogens with one attached hydrogen (secondary N) is 1. The van der Waals surface area contributed by atoms with E-state index in [1.807, 2.05) is 6.92 Å². The molecule has 1 unspecified atom stereocenters. The summed E-state index contributed by atoms with van der Waals surface area (Å²) in [6.45, 7) is 13.2. The predicted octanol–water partition coefficient (Wildman–Crippen LogP) is 4.25. The maximum atomic E-state index is 6.15. The molecular formula is C17H29ClN2. The Morgan fingerprint density at radius 3 is 2.55 bits per heavy atom. The van der Waals surface area contributed by atoms with Crippen LogP contribution >= 0.6 is 11.6 Å². The number of rotatable bonds is 9. The Labute approximate surface area is 129 Å². The van der Waals surface area contributed by atoms with E-state index < -0.39 is 0 Å². The Bertz CT molecular complexity index is 389. The molecule has 0 aromatic heterocycles. The van der Waals surface area contributed by atoms with Gasteiger partial charge in [0, 0.05) is 17.6 Å². The van der Waals surface area contributed by atoms with Crippen LogP contribution < -0.4 is 5.32 Å². The Kier molecular flexibility index (Phi) is 8.20. The zero-order chi connectivity index (χ0) is 15.0. The van der Waals surface area contributed by atoms with Gasteiger partial charge in [-0.3, -0.25) is 0 Å². The molecule has 0 spiro atoms. The topological polar surface area (TPSA) is 15.3 Å². The fourth-order valence-electron chi connectivity index (χ4n) is 2.30. The molecule has 0 radical (unpaired) electrons. The smallest absolute Gasteiger partial charge is 0.0438 e. The Morgan fingerprint density at radius 2 is 1.95 bits per heavy atom. The number of hydrogen-bond acceptors (Lipinski definition) is 2. The van der Waals surface area contributed by atoms with Crippen molar-refractivity contribution >= 4 is 11.6 Å². The van der Waals surface area contributed by atoms with Gasteiger partial charge < -0.3 is 10.2 Å². The van der Waals surface area contributed by atoms with Crippen LogP contribution in [-0.4, -0.2) is 30.6 Å². The van der Waals surface area contributed by atoms with Gasteiger partial charge in [0.25, 0.3) is 0 Å². The van der Waals surface area contributed by atoms with Crippen LogP contribution in [0.4, 0.5) is 0 Å². The summed E-state index contributed by atoms with van der Waals surface area (Å²) >= 11 is 6.15. The molecule has 1 N–H and O–H groups in total. The standard InChI is InChI=1S/C17H29ClN2/c1-5-20(6-2)11-7-8-15(4)19-13-16-10-9-14(3)17(18)12-16/h9-10,12,15,19H,5-8,11,13H2,1-4H3. The van der Waals surface area contributed by atoms with Crippen LogP contribution in [0.15, 0.2) is 18.2 Å². The van der Waals surface area contributed by atoms with Gasteiger partial charge in [-0.25, -0.2) is 0 Å². The fraction of sp³-hybridized carbons (Fsp3) is 0.647. The third kappa shape index (κ3) is 6.25. The molecule has 1 aromatic rings. The summed E-state index contributed by atoms with van der Waals surface area (Å²) in [4.78, 5) is 2.48. The second kappa shape index (κ2) is 9.38. The van der Waals surface area contributed by atoms with Crippen LogP contribution in [0.1, 0.15) is 44.7 Å². The molecule has 0 saturated carbocycles. The number of nitrogens with zero attached hydrogens (tertiary/aromatic N) is 1. The van der Waals surface area contributed by atoms with Gasteiger partial charge in [0.05, 0.1) is 0 Å². The summed E-state index contributed by atoms with van der Waals surface area (Å²) in [5, 5.41) is 4.44. The highest BCUT2D eigenvalue weighted by molar-refractivity contribution is 6.31. The molecule has 2 nitrogen and oxygen atoms in total. The lowest BCUT2D eigenvalue weighted by molar-refractivity contribution is 0.290. The number of hydrogen-bond donors (Lipinski definition) is 1. The second-order valence-corrected chi connectivity index (χ2v) is 5.94. The van der Waals surface area contributed by atoms with Crippen molar-refractivity contribution in [3.8, 4) is 0 Å². The summed E-state index contributed by atoms with van der Waals surface area (Å²) in [5.41, 5.74) is 2.40.